The van der Waals surface area contributed by atoms with Crippen molar-refractivity contribution in [2.45, 2.75) is 45.1 Å². The Morgan fingerprint density at radius 3 is 2.90 bits per heavy atom. The van der Waals surface area contributed by atoms with Gasteiger partial charge in [0, 0.05) is 13.1 Å². The first-order chi connectivity index (χ1) is 9.75. The van der Waals surface area contributed by atoms with Gasteiger partial charge in [-0.2, -0.15) is 0 Å². The zero-order chi connectivity index (χ0) is 13.8. The molecule has 0 radical (unpaired) electrons. The maximum atomic E-state index is 6.03. The predicted octanol–water partition coefficient (Wildman–Crippen LogP) is 3.42. The Morgan fingerprint density at radius 2 is 2.05 bits per heavy atom. The fourth-order valence-electron chi connectivity index (χ4n) is 3.39. The van der Waals surface area contributed by atoms with E-state index in [4.69, 9.17) is 4.74 Å². The SMILES string of the molecule is CC1(CNCC2CNc3ccccc3O2)CCCCC1. The fourth-order valence-corrected chi connectivity index (χ4v) is 3.39. The summed E-state index contributed by atoms with van der Waals surface area (Å²) in [7, 11) is 0. The average Bonchev–Trinajstić information content (AvgIpc) is 2.48. The van der Waals surface area contributed by atoms with Crippen LogP contribution in [0, 0.1) is 5.41 Å². The molecule has 1 aromatic rings. The second-order valence-electron chi connectivity index (χ2n) is 6.62. The van der Waals surface area contributed by atoms with Crippen molar-refractivity contribution in [3.8, 4) is 5.75 Å². The van der Waals surface area contributed by atoms with Crippen LogP contribution in [0.15, 0.2) is 24.3 Å². The van der Waals surface area contributed by atoms with E-state index in [0.29, 0.717) is 5.41 Å². The summed E-state index contributed by atoms with van der Waals surface area (Å²) in [5.41, 5.74) is 1.61. The van der Waals surface area contributed by atoms with Gasteiger partial charge in [0.05, 0.1) is 12.2 Å². The molecular weight excluding hydrogens is 248 g/mol. The molecule has 1 saturated carbocycles. The molecule has 110 valence electrons. The van der Waals surface area contributed by atoms with E-state index in [2.05, 4.69) is 23.6 Å². The van der Waals surface area contributed by atoms with E-state index < -0.39 is 0 Å². The molecule has 2 N–H and O–H groups in total. The van der Waals surface area contributed by atoms with E-state index in [-0.39, 0.29) is 6.10 Å². The highest BCUT2D eigenvalue weighted by Gasteiger charge is 2.27. The molecule has 0 aromatic heterocycles. The van der Waals surface area contributed by atoms with Crippen LogP contribution in [0.1, 0.15) is 39.0 Å². The van der Waals surface area contributed by atoms with Gasteiger partial charge in [0.1, 0.15) is 11.9 Å². The van der Waals surface area contributed by atoms with E-state index in [1.165, 1.54) is 32.1 Å². The molecule has 1 aromatic carbocycles. The molecular formula is C17H26N2O. The highest BCUT2D eigenvalue weighted by Crippen LogP contribution is 2.35. The first kappa shape index (κ1) is 13.7. The minimum absolute atomic E-state index is 0.233. The number of fused-ring (bicyclic) bond motifs is 1. The number of hydrogen-bond acceptors (Lipinski definition) is 3. The van der Waals surface area contributed by atoms with Gasteiger partial charge in [0.15, 0.2) is 0 Å². The van der Waals surface area contributed by atoms with Crippen LogP contribution in [-0.4, -0.2) is 25.7 Å². The maximum absolute atomic E-state index is 6.03. The largest absolute Gasteiger partial charge is 0.485 e. The third-order valence-electron chi connectivity index (χ3n) is 4.69. The van der Waals surface area contributed by atoms with Gasteiger partial charge >= 0.3 is 0 Å². The number of hydrogen-bond donors (Lipinski definition) is 2. The lowest BCUT2D eigenvalue weighted by atomic mass is 9.76. The number of para-hydroxylation sites is 2. The van der Waals surface area contributed by atoms with E-state index in [1.54, 1.807) is 0 Å². The Morgan fingerprint density at radius 1 is 1.25 bits per heavy atom. The number of anilines is 1. The normalized spacial score (nSPS) is 24.4. The van der Waals surface area contributed by atoms with E-state index >= 15 is 0 Å². The van der Waals surface area contributed by atoms with Gasteiger partial charge in [-0.15, -0.1) is 0 Å². The lowest BCUT2D eigenvalue weighted by molar-refractivity contribution is 0.173. The molecule has 1 heterocycles. The van der Waals surface area contributed by atoms with Gasteiger partial charge in [-0.3, -0.25) is 0 Å². The van der Waals surface area contributed by atoms with Crippen LogP contribution in [0.2, 0.25) is 0 Å². The Labute approximate surface area is 122 Å². The van der Waals surface area contributed by atoms with E-state index in [0.717, 1.165) is 31.1 Å². The summed E-state index contributed by atoms with van der Waals surface area (Å²) in [5.74, 6) is 0.981. The van der Waals surface area contributed by atoms with Gasteiger partial charge in [-0.05, 0) is 30.4 Å². The zero-order valence-corrected chi connectivity index (χ0v) is 12.5. The molecule has 2 aliphatic rings. The van der Waals surface area contributed by atoms with Crippen LogP contribution in [0.5, 0.6) is 5.75 Å². The van der Waals surface area contributed by atoms with Crippen LogP contribution in [0.4, 0.5) is 5.69 Å². The lowest BCUT2D eigenvalue weighted by Crippen LogP contribution is -2.43. The monoisotopic (exact) mass is 274 g/mol. The smallest absolute Gasteiger partial charge is 0.142 e. The molecule has 1 aliphatic heterocycles. The molecule has 1 aliphatic carbocycles. The molecule has 1 atom stereocenters. The molecule has 20 heavy (non-hydrogen) atoms. The summed E-state index contributed by atoms with van der Waals surface area (Å²) in [6.07, 6.45) is 7.18. The fraction of sp³-hybridized carbons (Fsp3) is 0.647. The number of nitrogens with one attached hydrogen (secondary N) is 2. The third-order valence-corrected chi connectivity index (χ3v) is 4.69. The Balaban J connectivity index is 1.46. The van der Waals surface area contributed by atoms with Crippen molar-refractivity contribution < 1.29 is 4.74 Å². The molecule has 0 spiro atoms. The van der Waals surface area contributed by atoms with Crippen molar-refractivity contribution in [2.24, 2.45) is 5.41 Å². The van der Waals surface area contributed by atoms with E-state index in [9.17, 15) is 0 Å². The van der Waals surface area contributed by atoms with Crippen LogP contribution in [0.25, 0.3) is 0 Å². The second kappa shape index (κ2) is 6.04. The van der Waals surface area contributed by atoms with Gasteiger partial charge in [-0.25, -0.2) is 0 Å². The first-order valence-corrected chi connectivity index (χ1v) is 7.95. The van der Waals surface area contributed by atoms with Gasteiger partial charge in [-0.1, -0.05) is 38.3 Å². The van der Waals surface area contributed by atoms with Crippen LogP contribution in [0.3, 0.4) is 0 Å². The summed E-state index contributed by atoms with van der Waals surface area (Å²) in [5, 5.41) is 7.08. The summed E-state index contributed by atoms with van der Waals surface area (Å²) in [6.45, 7) is 5.36. The molecule has 0 amide bonds. The molecule has 1 fully saturated rings. The molecule has 3 rings (SSSR count). The summed E-state index contributed by atoms with van der Waals surface area (Å²) in [6, 6.07) is 8.18. The van der Waals surface area contributed by atoms with E-state index in [1.807, 2.05) is 18.2 Å². The van der Waals surface area contributed by atoms with Gasteiger partial charge < -0.3 is 15.4 Å². The topological polar surface area (TPSA) is 33.3 Å². The average molecular weight is 274 g/mol. The highest BCUT2D eigenvalue weighted by molar-refractivity contribution is 5.57. The Bertz CT molecular complexity index is 440. The summed E-state index contributed by atoms with van der Waals surface area (Å²) < 4.78 is 6.03. The highest BCUT2D eigenvalue weighted by atomic mass is 16.5. The lowest BCUT2D eigenvalue weighted by Gasteiger charge is -2.35. The van der Waals surface area contributed by atoms with Crippen LogP contribution >= 0.6 is 0 Å². The molecule has 0 saturated heterocycles. The minimum atomic E-state index is 0.233. The Kier molecular flexibility index (Phi) is 4.16. The molecule has 1 unspecified atom stereocenters. The first-order valence-electron chi connectivity index (χ1n) is 7.95. The quantitative estimate of drug-likeness (QED) is 0.882. The zero-order valence-electron chi connectivity index (χ0n) is 12.5. The maximum Gasteiger partial charge on any atom is 0.142 e. The van der Waals surface area contributed by atoms with Crippen LogP contribution < -0.4 is 15.4 Å². The van der Waals surface area contributed by atoms with Crippen molar-refractivity contribution in [1.29, 1.82) is 0 Å². The van der Waals surface area contributed by atoms with Crippen molar-refractivity contribution in [3.05, 3.63) is 24.3 Å². The number of rotatable bonds is 4. The third kappa shape index (κ3) is 3.26. The minimum Gasteiger partial charge on any atom is -0.485 e. The van der Waals surface area contributed by atoms with Crippen molar-refractivity contribution in [3.63, 3.8) is 0 Å². The Hall–Kier alpha value is -1.22. The number of benzene rings is 1. The predicted molar refractivity (Wildman–Crippen MR) is 83.4 cm³/mol. The van der Waals surface area contributed by atoms with Crippen molar-refractivity contribution in [2.75, 3.05) is 25.0 Å². The number of ether oxygens (including phenoxy) is 1. The van der Waals surface area contributed by atoms with Crippen LogP contribution in [-0.2, 0) is 0 Å². The summed E-state index contributed by atoms with van der Waals surface area (Å²) in [4.78, 5) is 0. The molecule has 3 heteroatoms. The van der Waals surface area contributed by atoms with Gasteiger partial charge in [0.2, 0.25) is 0 Å². The van der Waals surface area contributed by atoms with Gasteiger partial charge in [0.25, 0.3) is 0 Å². The summed E-state index contributed by atoms with van der Waals surface area (Å²) >= 11 is 0. The second-order valence-corrected chi connectivity index (χ2v) is 6.62. The van der Waals surface area contributed by atoms with Crippen molar-refractivity contribution in [1.82, 2.24) is 5.32 Å². The molecule has 3 nitrogen and oxygen atoms in total. The molecule has 0 bridgehead atoms. The van der Waals surface area contributed by atoms with Crippen molar-refractivity contribution >= 4 is 5.69 Å². The standard InChI is InChI=1S/C17H26N2O/c1-17(9-5-2-6-10-17)13-18-11-14-12-19-15-7-3-4-8-16(15)20-14/h3-4,7-8,14,18-19H,2,5-6,9-13H2,1H3.